The van der Waals surface area contributed by atoms with E-state index in [1.807, 2.05) is 0 Å². The standard InChI is InChI=1S/C17H19N3O4/c1-11(15(22)23)19-14(21)12-4-6-13(7-5-12)20-16(24)17(10-18)8-2-3-9-17/h4-7,11H,2-3,8-9H2,1H3,(H,19,21)(H,20,24)(H,22,23). The van der Waals surface area contributed by atoms with Crippen molar-refractivity contribution in [3.63, 3.8) is 0 Å². The van der Waals surface area contributed by atoms with Crippen LogP contribution < -0.4 is 10.6 Å². The highest BCUT2D eigenvalue weighted by Crippen LogP contribution is 2.38. The molecule has 2 amide bonds. The number of carbonyl (C=O) groups is 3. The number of aliphatic carboxylic acids is 1. The summed E-state index contributed by atoms with van der Waals surface area (Å²) in [7, 11) is 0. The maximum atomic E-state index is 12.3. The van der Waals surface area contributed by atoms with E-state index in [-0.39, 0.29) is 11.5 Å². The number of hydrogen-bond acceptors (Lipinski definition) is 4. The lowest BCUT2D eigenvalue weighted by molar-refractivity contribution is -0.138. The molecule has 1 unspecified atom stereocenters. The van der Waals surface area contributed by atoms with Crippen LogP contribution in [-0.2, 0) is 9.59 Å². The Labute approximate surface area is 139 Å². The Bertz CT molecular complexity index is 685. The van der Waals surface area contributed by atoms with Gasteiger partial charge in [0, 0.05) is 11.3 Å². The van der Waals surface area contributed by atoms with Gasteiger partial charge in [0.2, 0.25) is 5.91 Å². The molecule has 1 saturated carbocycles. The second kappa shape index (κ2) is 7.13. The largest absolute Gasteiger partial charge is 0.480 e. The number of hydrogen-bond donors (Lipinski definition) is 3. The van der Waals surface area contributed by atoms with E-state index in [4.69, 9.17) is 5.11 Å². The first-order valence-electron chi connectivity index (χ1n) is 7.74. The highest BCUT2D eigenvalue weighted by Gasteiger charge is 2.41. The van der Waals surface area contributed by atoms with Gasteiger partial charge >= 0.3 is 5.97 Å². The molecule has 1 aliphatic rings. The van der Waals surface area contributed by atoms with Crippen molar-refractivity contribution in [2.45, 2.75) is 38.6 Å². The van der Waals surface area contributed by atoms with Crippen LogP contribution in [0, 0.1) is 16.7 Å². The molecule has 7 heteroatoms. The van der Waals surface area contributed by atoms with Crippen LogP contribution in [0.25, 0.3) is 0 Å². The van der Waals surface area contributed by atoms with E-state index >= 15 is 0 Å². The van der Waals surface area contributed by atoms with E-state index in [9.17, 15) is 19.6 Å². The van der Waals surface area contributed by atoms with Gasteiger partial charge in [0.15, 0.2) is 0 Å². The maximum Gasteiger partial charge on any atom is 0.325 e. The predicted octanol–water partition coefficient (Wildman–Crippen LogP) is 1.91. The summed E-state index contributed by atoms with van der Waals surface area (Å²) in [6.45, 7) is 1.37. The van der Waals surface area contributed by atoms with Gasteiger partial charge in [-0.2, -0.15) is 5.26 Å². The Morgan fingerprint density at radius 3 is 2.29 bits per heavy atom. The number of amides is 2. The van der Waals surface area contributed by atoms with Gasteiger partial charge in [-0.25, -0.2) is 0 Å². The van der Waals surface area contributed by atoms with Gasteiger partial charge in [-0.05, 0) is 44.0 Å². The fourth-order valence-corrected chi connectivity index (χ4v) is 2.67. The first kappa shape index (κ1) is 17.5. The minimum Gasteiger partial charge on any atom is -0.480 e. The molecule has 7 nitrogen and oxygen atoms in total. The first-order valence-corrected chi connectivity index (χ1v) is 7.74. The number of carboxylic acids is 1. The summed E-state index contributed by atoms with van der Waals surface area (Å²) in [5, 5.41) is 23.1. The minimum atomic E-state index is -1.12. The molecular formula is C17H19N3O4. The lowest BCUT2D eigenvalue weighted by atomic mass is 9.87. The number of nitrogens with one attached hydrogen (secondary N) is 2. The molecule has 0 saturated heterocycles. The number of nitriles is 1. The molecule has 24 heavy (non-hydrogen) atoms. The Morgan fingerprint density at radius 1 is 1.21 bits per heavy atom. The summed E-state index contributed by atoms with van der Waals surface area (Å²) in [6, 6.07) is 7.23. The third kappa shape index (κ3) is 3.71. The van der Waals surface area contributed by atoms with Crippen LogP contribution in [0.2, 0.25) is 0 Å². The summed E-state index contributed by atoms with van der Waals surface area (Å²) >= 11 is 0. The molecule has 0 radical (unpaired) electrons. The summed E-state index contributed by atoms with van der Waals surface area (Å²) in [6.07, 6.45) is 2.84. The highest BCUT2D eigenvalue weighted by atomic mass is 16.4. The van der Waals surface area contributed by atoms with Crippen molar-refractivity contribution in [2.75, 3.05) is 5.32 Å². The number of anilines is 1. The van der Waals surface area contributed by atoms with Crippen LogP contribution in [0.15, 0.2) is 24.3 Å². The second-order valence-electron chi connectivity index (χ2n) is 5.97. The topological polar surface area (TPSA) is 119 Å². The van der Waals surface area contributed by atoms with E-state index in [1.165, 1.54) is 19.1 Å². The first-order chi connectivity index (χ1) is 11.4. The van der Waals surface area contributed by atoms with Crippen LogP contribution in [0.3, 0.4) is 0 Å². The van der Waals surface area contributed by atoms with Gasteiger partial charge < -0.3 is 15.7 Å². The average Bonchev–Trinajstić information content (AvgIpc) is 3.05. The zero-order valence-corrected chi connectivity index (χ0v) is 13.3. The van der Waals surface area contributed by atoms with Crippen molar-refractivity contribution in [1.82, 2.24) is 5.32 Å². The van der Waals surface area contributed by atoms with Crippen LogP contribution in [0.1, 0.15) is 43.0 Å². The van der Waals surface area contributed by atoms with Gasteiger partial charge in [0.25, 0.3) is 5.91 Å². The molecule has 1 fully saturated rings. The van der Waals surface area contributed by atoms with Crippen molar-refractivity contribution in [3.05, 3.63) is 29.8 Å². The van der Waals surface area contributed by atoms with Gasteiger partial charge in [-0.1, -0.05) is 12.8 Å². The predicted molar refractivity (Wildman–Crippen MR) is 86.1 cm³/mol. The van der Waals surface area contributed by atoms with Crippen LogP contribution in [0.4, 0.5) is 5.69 Å². The molecular weight excluding hydrogens is 310 g/mol. The third-order valence-electron chi connectivity index (χ3n) is 4.23. The molecule has 0 aromatic heterocycles. The van der Waals surface area contributed by atoms with Crippen LogP contribution >= 0.6 is 0 Å². The molecule has 0 aliphatic heterocycles. The quantitative estimate of drug-likeness (QED) is 0.762. The third-order valence-corrected chi connectivity index (χ3v) is 4.23. The smallest absolute Gasteiger partial charge is 0.325 e. The monoisotopic (exact) mass is 329 g/mol. The van der Waals surface area contributed by atoms with Crippen LogP contribution in [-0.4, -0.2) is 28.9 Å². The van der Waals surface area contributed by atoms with E-state index in [0.29, 0.717) is 18.5 Å². The maximum absolute atomic E-state index is 12.3. The van der Waals surface area contributed by atoms with Crippen molar-refractivity contribution in [1.29, 1.82) is 5.26 Å². The van der Waals surface area contributed by atoms with Crippen LogP contribution in [0.5, 0.6) is 0 Å². The number of benzene rings is 1. The Morgan fingerprint density at radius 2 is 1.79 bits per heavy atom. The average molecular weight is 329 g/mol. The highest BCUT2D eigenvalue weighted by molar-refractivity contribution is 5.99. The van der Waals surface area contributed by atoms with Crippen molar-refractivity contribution in [2.24, 2.45) is 5.41 Å². The van der Waals surface area contributed by atoms with E-state index in [2.05, 4.69) is 16.7 Å². The Balaban J connectivity index is 2.02. The molecule has 3 N–H and O–H groups in total. The lowest BCUT2D eigenvalue weighted by Crippen LogP contribution is -2.38. The van der Waals surface area contributed by atoms with Gasteiger partial charge in [0.1, 0.15) is 11.5 Å². The SMILES string of the molecule is CC(NC(=O)c1ccc(NC(=O)C2(C#N)CCCC2)cc1)C(=O)O. The molecule has 0 heterocycles. The zero-order valence-electron chi connectivity index (χ0n) is 13.3. The number of nitrogens with zero attached hydrogens (tertiary/aromatic N) is 1. The fourth-order valence-electron chi connectivity index (χ4n) is 2.67. The summed E-state index contributed by atoms with van der Waals surface area (Å²) in [4.78, 5) is 35.0. The Kier molecular flexibility index (Phi) is 5.19. The summed E-state index contributed by atoms with van der Waals surface area (Å²) in [5.74, 6) is -1.95. The lowest BCUT2D eigenvalue weighted by Gasteiger charge is -2.19. The summed E-state index contributed by atoms with van der Waals surface area (Å²) in [5.41, 5.74) is -0.186. The Hall–Kier alpha value is -2.88. The molecule has 126 valence electrons. The molecule has 2 rings (SSSR count). The number of rotatable bonds is 5. The number of carbonyl (C=O) groups excluding carboxylic acids is 2. The van der Waals surface area contributed by atoms with Gasteiger partial charge in [-0.3, -0.25) is 14.4 Å². The normalized spacial score (nSPS) is 16.7. The molecule has 0 spiro atoms. The molecule has 1 aliphatic carbocycles. The minimum absolute atomic E-state index is 0.289. The summed E-state index contributed by atoms with van der Waals surface area (Å²) < 4.78 is 0. The molecule has 0 bridgehead atoms. The zero-order chi connectivity index (χ0) is 17.7. The van der Waals surface area contributed by atoms with Gasteiger partial charge in [0.05, 0.1) is 6.07 Å². The molecule has 1 aromatic carbocycles. The van der Waals surface area contributed by atoms with Crippen molar-refractivity contribution >= 4 is 23.5 Å². The molecule has 1 atom stereocenters. The van der Waals surface area contributed by atoms with E-state index < -0.39 is 23.3 Å². The van der Waals surface area contributed by atoms with Crippen molar-refractivity contribution in [3.8, 4) is 6.07 Å². The van der Waals surface area contributed by atoms with E-state index in [1.54, 1.807) is 12.1 Å². The van der Waals surface area contributed by atoms with Gasteiger partial charge in [-0.15, -0.1) is 0 Å². The second-order valence-corrected chi connectivity index (χ2v) is 5.97. The van der Waals surface area contributed by atoms with E-state index in [0.717, 1.165) is 12.8 Å². The van der Waals surface area contributed by atoms with Crippen molar-refractivity contribution < 1.29 is 19.5 Å². The molecule has 1 aromatic rings. The fraction of sp³-hybridized carbons (Fsp3) is 0.412. The number of carboxylic acid groups (broad SMARTS) is 1.